The number of anilines is 1. The van der Waals surface area contributed by atoms with Gasteiger partial charge >= 0.3 is 0 Å². The number of pyridine rings is 2. The molecule has 54 heavy (non-hydrogen) atoms. The zero-order valence-electron chi connectivity index (χ0n) is 30.4. The van der Waals surface area contributed by atoms with Gasteiger partial charge in [0.2, 0.25) is 0 Å². The smallest absolute Gasteiger partial charge is 0.290 e. The Morgan fingerprint density at radius 3 is 2.52 bits per heavy atom. The summed E-state index contributed by atoms with van der Waals surface area (Å²) in [6.45, 7) is 10.2. The van der Waals surface area contributed by atoms with Crippen molar-refractivity contribution in [1.82, 2.24) is 24.6 Å². The van der Waals surface area contributed by atoms with Crippen LogP contribution in [-0.2, 0) is 16.4 Å². The van der Waals surface area contributed by atoms with E-state index < -0.39 is 20.9 Å². The molecule has 0 unspecified atom stereocenters. The number of sulfonamides is 1. The average Bonchev–Trinajstić information content (AvgIpc) is 3.61. The summed E-state index contributed by atoms with van der Waals surface area (Å²) in [5.74, 6) is -0.981. The van der Waals surface area contributed by atoms with Crippen molar-refractivity contribution in [2.75, 3.05) is 37.6 Å². The van der Waals surface area contributed by atoms with Gasteiger partial charge < -0.3 is 9.88 Å². The first kappa shape index (κ1) is 37.2. The second-order valence-corrected chi connectivity index (χ2v) is 17.0. The van der Waals surface area contributed by atoms with Crippen LogP contribution in [0, 0.1) is 22.5 Å². The summed E-state index contributed by atoms with van der Waals surface area (Å²) in [7, 11) is -4.38. The van der Waals surface area contributed by atoms with Crippen molar-refractivity contribution in [2.24, 2.45) is 5.41 Å². The molecule has 4 heterocycles. The lowest BCUT2D eigenvalue weighted by Gasteiger charge is -2.39. The van der Waals surface area contributed by atoms with Gasteiger partial charge in [0.15, 0.2) is 0 Å². The van der Waals surface area contributed by atoms with Gasteiger partial charge in [0.05, 0.1) is 9.82 Å². The third-order valence-electron chi connectivity index (χ3n) is 10.4. The van der Waals surface area contributed by atoms with Crippen LogP contribution >= 0.6 is 11.6 Å². The number of halogens is 1. The van der Waals surface area contributed by atoms with Crippen LogP contribution in [0.5, 0.6) is 0 Å². The van der Waals surface area contributed by atoms with Crippen LogP contribution in [0.4, 0.5) is 11.4 Å². The molecule has 0 saturated carbocycles. The van der Waals surface area contributed by atoms with E-state index in [1.54, 1.807) is 18.5 Å². The van der Waals surface area contributed by atoms with Crippen LogP contribution in [0.1, 0.15) is 66.0 Å². The minimum Gasteiger partial charge on any atom is -0.369 e. The molecule has 1 saturated heterocycles. The molecule has 12 nitrogen and oxygen atoms in total. The van der Waals surface area contributed by atoms with Crippen LogP contribution < -0.4 is 9.62 Å². The molecule has 2 N–H and O–H groups in total. The van der Waals surface area contributed by atoms with E-state index >= 15 is 0 Å². The summed E-state index contributed by atoms with van der Waals surface area (Å²) in [6.07, 6.45) is 6.99. The van der Waals surface area contributed by atoms with E-state index in [9.17, 15) is 23.3 Å². The first-order valence-corrected chi connectivity index (χ1v) is 19.8. The largest absolute Gasteiger partial charge is 0.369 e. The molecule has 0 radical (unpaired) electrons. The molecule has 280 valence electrons. The molecule has 2 aliphatic rings. The Morgan fingerprint density at radius 2 is 1.80 bits per heavy atom. The Kier molecular flexibility index (Phi) is 10.3. The molecule has 5 aromatic rings. The topological polar surface area (TPSA) is 154 Å². The number of benzene rings is 2. The SMILES string of the molecule is Cc1nc(C(=O)NS(=O)(=O)c2ccc(N3CCN(CC4=C(c5ccc(Cl)cc5)CC(C)(C)CC4)CC3)cc2Cc2cnc3[nH]ccc3c2)ccc1[N+](=O)[O-]. The lowest BCUT2D eigenvalue weighted by atomic mass is 9.72. The molecular formula is C40H42ClN7O5S. The van der Waals surface area contributed by atoms with Crippen LogP contribution in [0.3, 0.4) is 0 Å². The van der Waals surface area contributed by atoms with Crippen molar-refractivity contribution >= 4 is 55.5 Å². The van der Waals surface area contributed by atoms with Gasteiger partial charge in [-0.25, -0.2) is 23.1 Å². The van der Waals surface area contributed by atoms with Gasteiger partial charge in [0.25, 0.3) is 21.6 Å². The average molecular weight is 768 g/mol. The number of aryl methyl sites for hydroxylation is 1. The fourth-order valence-electron chi connectivity index (χ4n) is 7.47. The number of allylic oxidation sites excluding steroid dienone is 1. The predicted molar refractivity (Wildman–Crippen MR) is 210 cm³/mol. The van der Waals surface area contributed by atoms with Gasteiger partial charge in [-0.15, -0.1) is 0 Å². The van der Waals surface area contributed by atoms with Gasteiger partial charge in [-0.2, -0.15) is 0 Å². The highest BCUT2D eigenvalue weighted by molar-refractivity contribution is 7.90. The summed E-state index contributed by atoms with van der Waals surface area (Å²) >= 11 is 6.22. The predicted octanol–water partition coefficient (Wildman–Crippen LogP) is 7.32. The van der Waals surface area contributed by atoms with Crippen molar-refractivity contribution in [3.8, 4) is 0 Å². The summed E-state index contributed by atoms with van der Waals surface area (Å²) in [6, 6.07) is 19.5. The van der Waals surface area contributed by atoms with E-state index in [-0.39, 0.29) is 33.8 Å². The fraction of sp³-hybridized carbons (Fsp3) is 0.325. The number of hydrogen-bond donors (Lipinski definition) is 2. The second kappa shape index (κ2) is 15.0. The number of rotatable bonds is 10. The maximum absolute atomic E-state index is 13.8. The van der Waals surface area contributed by atoms with Crippen molar-refractivity contribution in [1.29, 1.82) is 0 Å². The number of carbonyl (C=O) groups is 1. The number of aromatic nitrogens is 3. The maximum atomic E-state index is 13.8. The number of hydrogen-bond acceptors (Lipinski definition) is 9. The Hall–Kier alpha value is -5.11. The molecule has 1 aliphatic heterocycles. The number of amides is 1. The van der Waals surface area contributed by atoms with Crippen LogP contribution in [0.15, 0.2) is 89.6 Å². The van der Waals surface area contributed by atoms with Crippen LogP contribution in [-0.4, -0.2) is 71.8 Å². The van der Waals surface area contributed by atoms with E-state index in [4.69, 9.17) is 11.6 Å². The second-order valence-electron chi connectivity index (χ2n) is 14.9. The lowest BCUT2D eigenvalue weighted by molar-refractivity contribution is -0.385. The van der Waals surface area contributed by atoms with Crippen LogP contribution in [0.25, 0.3) is 16.6 Å². The zero-order chi connectivity index (χ0) is 38.2. The minimum absolute atomic E-state index is 0.00393. The molecule has 7 rings (SSSR count). The highest BCUT2D eigenvalue weighted by Gasteiger charge is 2.30. The van der Waals surface area contributed by atoms with Gasteiger partial charge in [0, 0.05) is 73.7 Å². The molecule has 1 amide bonds. The molecule has 1 fully saturated rings. The fourth-order valence-corrected chi connectivity index (χ4v) is 8.77. The van der Waals surface area contributed by atoms with Crippen molar-refractivity contribution in [2.45, 2.75) is 51.3 Å². The van der Waals surface area contributed by atoms with Crippen LogP contribution in [0.2, 0.25) is 5.02 Å². The van der Waals surface area contributed by atoms with Crippen molar-refractivity contribution in [3.63, 3.8) is 0 Å². The number of fused-ring (bicyclic) bond motifs is 1. The monoisotopic (exact) mass is 767 g/mol. The van der Waals surface area contributed by atoms with E-state index in [0.717, 1.165) is 91.4 Å². The number of piperazine rings is 1. The highest BCUT2D eigenvalue weighted by Crippen LogP contribution is 2.43. The minimum atomic E-state index is -4.38. The molecule has 3 aromatic heterocycles. The highest BCUT2D eigenvalue weighted by atomic mass is 35.5. The van der Waals surface area contributed by atoms with E-state index in [1.165, 1.54) is 29.7 Å². The van der Waals surface area contributed by atoms with Gasteiger partial charge in [-0.3, -0.25) is 19.8 Å². The molecule has 0 atom stereocenters. The maximum Gasteiger partial charge on any atom is 0.290 e. The Bertz CT molecular complexity index is 2380. The Morgan fingerprint density at radius 1 is 1.04 bits per heavy atom. The zero-order valence-corrected chi connectivity index (χ0v) is 32.0. The van der Waals surface area contributed by atoms with Crippen molar-refractivity contribution in [3.05, 3.63) is 128 Å². The Balaban J connectivity index is 1.12. The first-order chi connectivity index (χ1) is 25.7. The molecule has 2 aromatic carbocycles. The summed E-state index contributed by atoms with van der Waals surface area (Å²) in [4.78, 5) is 40.0. The number of nitro groups is 1. The number of nitrogens with one attached hydrogen (secondary N) is 2. The van der Waals surface area contributed by atoms with Crippen molar-refractivity contribution < 1.29 is 18.1 Å². The van der Waals surface area contributed by atoms with E-state index in [2.05, 4.69) is 55.5 Å². The molecule has 0 bridgehead atoms. The number of aromatic amines is 1. The Labute approximate surface area is 319 Å². The summed E-state index contributed by atoms with van der Waals surface area (Å²) in [5.41, 5.74) is 6.80. The molecule has 0 spiro atoms. The summed E-state index contributed by atoms with van der Waals surface area (Å²) in [5, 5.41) is 12.9. The quantitative estimate of drug-likeness (QED) is 0.110. The van der Waals surface area contributed by atoms with E-state index in [0.29, 0.717) is 5.56 Å². The molecule has 1 aliphatic carbocycles. The number of H-pyrrole nitrogens is 1. The molecule has 14 heteroatoms. The first-order valence-electron chi connectivity index (χ1n) is 17.9. The van der Waals surface area contributed by atoms with Gasteiger partial charge in [-0.05, 0) is 102 Å². The van der Waals surface area contributed by atoms with Gasteiger partial charge in [0.1, 0.15) is 17.0 Å². The molecular weight excluding hydrogens is 726 g/mol. The van der Waals surface area contributed by atoms with E-state index in [1.807, 2.05) is 30.3 Å². The third kappa shape index (κ3) is 8.18. The normalized spacial score (nSPS) is 16.5. The van der Waals surface area contributed by atoms with Gasteiger partial charge in [-0.1, -0.05) is 43.2 Å². The third-order valence-corrected chi connectivity index (χ3v) is 12.1. The number of nitrogens with zero attached hydrogens (tertiary/aromatic N) is 5. The lowest BCUT2D eigenvalue weighted by Crippen LogP contribution is -2.47. The number of carbonyl (C=O) groups excluding carboxylic acids is 1. The standard InChI is InChI=1S/C40H42ClN7O5S/c1-26-36(48(50)51)10-9-35(44-26)39(49)45-54(52,53)37-11-8-33(22-31(37)21-27-20-29-13-15-42-38(29)43-24-27)47-18-16-46(17-19-47)25-30-12-14-40(2,3)23-34(30)28-4-6-32(41)7-5-28/h4-11,13,15,20,22,24H,12,14,16-19,21,23,25H2,1-3H3,(H,42,43)(H,45,49). The summed E-state index contributed by atoms with van der Waals surface area (Å²) < 4.78 is 29.8.